The number of alkyl halides is 3. The lowest BCUT2D eigenvalue weighted by molar-refractivity contribution is -0.137. The maximum absolute atomic E-state index is 12.6. The van der Waals surface area contributed by atoms with E-state index in [1.807, 2.05) is 13.8 Å². The number of hydrogen-bond donors (Lipinski definition) is 2. The Balaban J connectivity index is 2.85. The molecule has 1 heterocycles. The molecule has 1 aromatic heterocycles. The Kier molecular flexibility index (Phi) is 3.98. The van der Waals surface area contributed by atoms with E-state index in [0.717, 1.165) is 6.07 Å². The van der Waals surface area contributed by atoms with Crippen LogP contribution in [0.5, 0.6) is 0 Å². The molecule has 6 heteroatoms. The average molecular weight is 247 g/mol. The van der Waals surface area contributed by atoms with Gasteiger partial charge in [-0.3, -0.25) is 0 Å². The predicted molar refractivity (Wildman–Crippen MR) is 60.6 cm³/mol. The highest BCUT2D eigenvalue weighted by Gasteiger charge is 2.34. The molecule has 0 bridgehead atoms. The Hall–Kier alpha value is -1.30. The van der Waals surface area contributed by atoms with Gasteiger partial charge in [-0.1, -0.05) is 13.8 Å². The molecule has 0 amide bonds. The lowest BCUT2D eigenvalue weighted by atomic mass is 9.94. The molecular formula is C11H16F3N3. The molecule has 0 aliphatic rings. The predicted octanol–water partition coefficient (Wildman–Crippen LogP) is 2.50. The van der Waals surface area contributed by atoms with Crippen LogP contribution in [0.1, 0.15) is 19.4 Å². The van der Waals surface area contributed by atoms with Crippen LogP contribution in [0.15, 0.2) is 18.3 Å². The molecule has 0 radical (unpaired) electrons. The third-order valence-corrected chi connectivity index (χ3v) is 2.40. The van der Waals surface area contributed by atoms with Crippen molar-refractivity contribution in [2.24, 2.45) is 11.1 Å². The van der Waals surface area contributed by atoms with Crippen LogP contribution in [0.25, 0.3) is 0 Å². The molecule has 3 nitrogen and oxygen atoms in total. The summed E-state index contributed by atoms with van der Waals surface area (Å²) in [5.41, 5.74) is 4.48. The lowest BCUT2D eigenvalue weighted by Gasteiger charge is -2.24. The van der Waals surface area contributed by atoms with E-state index >= 15 is 0 Å². The Morgan fingerprint density at radius 3 is 2.53 bits per heavy atom. The first-order valence-corrected chi connectivity index (χ1v) is 5.22. The van der Waals surface area contributed by atoms with E-state index in [1.165, 1.54) is 12.3 Å². The second-order valence-corrected chi connectivity index (χ2v) is 4.62. The monoisotopic (exact) mass is 247 g/mol. The van der Waals surface area contributed by atoms with Gasteiger partial charge in [0, 0.05) is 12.7 Å². The number of hydrogen-bond acceptors (Lipinski definition) is 3. The topological polar surface area (TPSA) is 50.9 Å². The molecule has 0 saturated heterocycles. The van der Waals surface area contributed by atoms with Crippen LogP contribution < -0.4 is 11.1 Å². The summed E-state index contributed by atoms with van der Waals surface area (Å²) < 4.78 is 37.9. The number of anilines is 1. The summed E-state index contributed by atoms with van der Waals surface area (Å²) in [7, 11) is 0. The zero-order valence-corrected chi connectivity index (χ0v) is 9.80. The maximum Gasteiger partial charge on any atom is 0.419 e. The van der Waals surface area contributed by atoms with Crippen molar-refractivity contribution in [1.82, 2.24) is 4.98 Å². The van der Waals surface area contributed by atoms with Crippen LogP contribution in [0.4, 0.5) is 19.0 Å². The Labute approximate surface area is 98.2 Å². The summed E-state index contributed by atoms with van der Waals surface area (Å²) in [6.07, 6.45) is -3.07. The van der Waals surface area contributed by atoms with Crippen molar-refractivity contribution in [3.63, 3.8) is 0 Å². The molecule has 0 saturated carbocycles. The van der Waals surface area contributed by atoms with E-state index in [2.05, 4.69) is 10.3 Å². The highest BCUT2D eigenvalue weighted by Crippen LogP contribution is 2.33. The summed E-state index contributed by atoms with van der Waals surface area (Å²) in [5.74, 6) is -0.151. The largest absolute Gasteiger partial charge is 0.419 e. The second kappa shape index (κ2) is 4.91. The third kappa shape index (κ3) is 3.89. The van der Waals surface area contributed by atoms with Gasteiger partial charge in [0.2, 0.25) is 0 Å². The molecule has 3 N–H and O–H groups in total. The minimum absolute atomic E-state index is 0.151. The molecule has 0 fully saturated rings. The first-order chi connectivity index (χ1) is 7.76. The van der Waals surface area contributed by atoms with Gasteiger partial charge < -0.3 is 11.1 Å². The van der Waals surface area contributed by atoms with Gasteiger partial charge in [-0.15, -0.1) is 0 Å². The number of aromatic nitrogens is 1. The quantitative estimate of drug-likeness (QED) is 0.859. The highest BCUT2D eigenvalue weighted by molar-refractivity contribution is 5.45. The summed E-state index contributed by atoms with van der Waals surface area (Å²) in [6, 6.07) is 2.27. The fraction of sp³-hybridized carbons (Fsp3) is 0.545. The SMILES string of the molecule is CC(C)(CN)CNc1ncccc1C(F)(F)F. The van der Waals surface area contributed by atoms with E-state index in [0.29, 0.717) is 13.1 Å². The number of rotatable bonds is 4. The fourth-order valence-electron chi connectivity index (χ4n) is 1.17. The van der Waals surface area contributed by atoms with Gasteiger partial charge in [0.05, 0.1) is 5.56 Å². The molecule has 1 rings (SSSR count). The molecular weight excluding hydrogens is 231 g/mol. The van der Waals surface area contributed by atoms with E-state index in [4.69, 9.17) is 5.73 Å². The molecule has 0 aliphatic heterocycles. The number of nitrogens with zero attached hydrogens (tertiary/aromatic N) is 1. The summed E-state index contributed by atoms with van der Waals surface area (Å²) in [4.78, 5) is 3.71. The molecule has 0 spiro atoms. The minimum Gasteiger partial charge on any atom is -0.369 e. The Morgan fingerprint density at radius 2 is 2.00 bits per heavy atom. The van der Waals surface area contributed by atoms with Gasteiger partial charge in [0.1, 0.15) is 5.82 Å². The van der Waals surface area contributed by atoms with Crippen LogP contribution in [0.2, 0.25) is 0 Å². The minimum atomic E-state index is -4.40. The van der Waals surface area contributed by atoms with Crippen molar-refractivity contribution in [2.75, 3.05) is 18.4 Å². The zero-order chi connectivity index (χ0) is 13.1. The number of pyridine rings is 1. The van der Waals surface area contributed by atoms with Crippen LogP contribution in [-0.4, -0.2) is 18.1 Å². The van der Waals surface area contributed by atoms with Gasteiger partial charge in [-0.05, 0) is 24.1 Å². The lowest BCUT2D eigenvalue weighted by Crippen LogP contribution is -2.32. The normalized spacial score (nSPS) is 12.6. The van der Waals surface area contributed by atoms with Crippen LogP contribution in [-0.2, 0) is 6.18 Å². The molecule has 17 heavy (non-hydrogen) atoms. The standard InChI is InChI=1S/C11H16F3N3/c1-10(2,6-15)7-17-9-8(11(12,13)14)4-3-5-16-9/h3-5H,6-7,15H2,1-2H3,(H,16,17). The summed E-state index contributed by atoms with van der Waals surface area (Å²) in [6.45, 7) is 4.46. The van der Waals surface area contributed by atoms with Crippen molar-refractivity contribution in [3.8, 4) is 0 Å². The zero-order valence-electron chi connectivity index (χ0n) is 9.80. The van der Waals surface area contributed by atoms with Gasteiger partial charge >= 0.3 is 6.18 Å². The van der Waals surface area contributed by atoms with Crippen molar-refractivity contribution >= 4 is 5.82 Å². The second-order valence-electron chi connectivity index (χ2n) is 4.62. The van der Waals surface area contributed by atoms with Crippen molar-refractivity contribution in [1.29, 1.82) is 0 Å². The van der Waals surface area contributed by atoms with E-state index in [9.17, 15) is 13.2 Å². The maximum atomic E-state index is 12.6. The number of nitrogens with one attached hydrogen (secondary N) is 1. The van der Waals surface area contributed by atoms with Crippen LogP contribution >= 0.6 is 0 Å². The third-order valence-electron chi connectivity index (χ3n) is 2.40. The molecule has 96 valence electrons. The Bertz CT molecular complexity index is 374. The van der Waals surface area contributed by atoms with Crippen molar-refractivity contribution in [3.05, 3.63) is 23.9 Å². The molecule has 0 unspecified atom stereocenters. The van der Waals surface area contributed by atoms with Crippen LogP contribution in [0.3, 0.4) is 0 Å². The summed E-state index contributed by atoms with van der Waals surface area (Å²) in [5, 5.41) is 2.70. The molecule has 1 aromatic rings. The first-order valence-electron chi connectivity index (χ1n) is 5.22. The van der Waals surface area contributed by atoms with Crippen molar-refractivity contribution < 1.29 is 13.2 Å². The summed E-state index contributed by atoms with van der Waals surface area (Å²) >= 11 is 0. The molecule has 0 aliphatic carbocycles. The van der Waals surface area contributed by atoms with Gasteiger partial charge in [0.25, 0.3) is 0 Å². The van der Waals surface area contributed by atoms with Crippen LogP contribution in [0, 0.1) is 5.41 Å². The van der Waals surface area contributed by atoms with Crippen molar-refractivity contribution in [2.45, 2.75) is 20.0 Å². The van der Waals surface area contributed by atoms with E-state index in [1.54, 1.807) is 0 Å². The first kappa shape index (κ1) is 13.8. The molecule has 0 aromatic carbocycles. The van der Waals surface area contributed by atoms with E-state index < -0.39 is 11.7 Å². The molecule has 0 atom stereocenters. The Morgan fingerprint density at radius 1 is 1.35 bits per heavy atom. The smallest absolute Gasteiger partial charge is 0.369 e. The van der Waals surface area contributed by atoms with Gasteiger partial charge in [0.15, 0.2) is 0 Å². The van der Waals surface area contributed by atoms with Gasteiger partial charge in [-0.25, -0.2) is 4.98 Å². The van der Waals surface area contributed by atoms with E-state index in [-0.39, 0.29) is 11.2 Å². The van der Waals surface area contributed by atoms with Gasteiger partial charge in [-0.2, -0.15) is 13.2 Å². The fourth-order valence-corrected chi connectivity index (χ4v) is 1.17. The average Bonchev–Trinajstić information content (AvgIpc) is 2.26. The highest BCUT2D eigenvalue weighted by atomic mass is 19.4. The number of halogens is 3. The number of nitrogens with two attached hydrogens (primary N) is 1.